The molecule has 0 radical (unpaired) electrons. The fourth-order valence-electron chi connectivity index (χ4n) is 0.898. The molecule has 0 aromatic carbocycles. The lowest BCUT2D eigenvalue weighted by atomic mass is 10.2. The third-order valence-electron chi connectivity index (χ3n) is 1.57. The Bertz CT molecular complexity index is 390. The molecule has 0 bridgehead atoms. The van der Waals surface area contributed by atoms with Gasteiger partial charge in [-0.3, -0.25) is 4.98 Å². The van der Waals surface area contributed by atoms with Crippen molar-refractivity contribution in [2.45, 2.75) is 12.8 Å². The van der Waals surface area contributed by atoms with Gasteiger partial charge in [0, 0.05) is 11.8 Å². The van der Waals surface area contributed by atoms with Crippen molar-refractivity contribution in [2.24, 2.45) is 0 Å². The Balaban J connectivity index is 3.20. The Hall–Kier alpha value is -1.41. The van der Waals surface area contributed by atoms with Crippen LogP contribution in [0.25, 0.3) is 0 Å². The molecular formula is C8H5ClF2N2O. The number of nitriles is 1. The minimum absolute atomic E-state index is 0.0804. The van der Waals surface area contributed by atoms with Crippen molar-refractivity contribution in [3.8, 4) is 11.8 Å². The summed E-state index contributed by atoms with van der Waals surface area (Å²) in [4.78, 5) is 3.32. The molecule has 6 heteroatoms. The van der Waals surface area contributed by atoms with Crippen LogP contribution in [0.5, 0.6) is 5.75 Å². The number of hydrogen-bond donors (Lipinski definition) is 1. The van der Waals surface area contributed by atoms with Crippen molar-refractivity contribution in [1.29, 1.82) is 5.26 Å². The molecule has 1 aromatic heterocycles. The molecule has 0 fully saturated rings. The van der Waals surface area contributed by atoms with Gasteiger partial charge < -0.3 is 5.11 Å². The lowest BCUT2D eigenvalue weighted by molar-refractivity contribution is 0.142. The van der Waals surface area contributed by atoms with Crippen molar-refractivity contribution in [3.63, 3.8) is 0 Å². The molecule has 0 atom stereocenters. The van der Waals surface area contributed by atoms with Gasteiger partial charge >= 0.3 is 0 Å². The van der Waals surface area contributed by atoms with Crippen LogP contribution in [0.4, 0.5) is 8.78 Å². The van der Waals surface area contributed by atoms with E-state index in [4.69, 9.17) is 16.9 Å². The average molecular weight is 219 g/mol. The molecule has 0 saturated carbocycles. The largest absolute Gasteiger partial charge is 0.504 e. The molecule has 1 aromatic rings. The Morgan fingerprint density at radius 2 is 2.29 bits per heavy atom. The van der Waals surface area contributed by atoms with E-state index >= 15 is 0 Å². The first-order valence-corrected chi connectivity index (χ1v) is 3.97. The summed E-state index contributed by atoms with van der Waals surface area (Å²) in [7, 11) is 0. The number of pyridine rings is 1. The minimum atomic E-state index is -2.89. The second kappa shape index (κ2) is 4.20. The van der Waals surface area contributed by atoms with Gasteiger partial charge in [-0.2, -0.15) is 5.26 Å². The zero-order valence-electron chi connectivity index (χ0n) is 6.84. The molecule has 1 rings (SSSR count). The quantitative estimate of drug-likeness (QED) is 0.830. The van der Waals surface area contributed by atoms with Gasteiger partial charge in [0.25, 0.3) is 6.43 Å². The van der Waals surface area contributed by atoms with Gasteiger partial charge in [-0.15, -0.1) is 0 Å². The van der Waals surface area contributed by atoms with E-state index in [-0.39, 0.29) is 17.0 Å². The molecule has 74 valence electrons. The average Bonchev–Trinajstić information content (AvgIpc) is 2.13. The molecule has 0 aliphatic heterocycles. The predicted octanol–water partition coefficient (Wildman–Crippen LogP) is 2.44. The minimum Gasteiger partial charge on any atom is -0.504 e. The van der Waals surface area contributed by atoms with Crippen molar-refractivity contribution in [2.75, 3.05) is 0 Å². The van der Waals surface area contributed by atoms with E-state index in [1.807, 2.05) is 0 Å². The normalized spacial score (nSPS) is 10.2. The maximum atomic E-state index is 12.2. The first kappa shape index (κ1) is 10.7. The smallest absolute Gasteiger partial charge is 0.284 e. The molecule has 0 aliphatic carbocycles. The summed E-state index contributed by atoms with van der Waals surface area (Å²) in [6, 6.07) is 1.78. The SMILES string of the molecule is N#CCc1cnc(C(F)F)c(O)c1Cl. The van der Waals surface area contributed by atoms with Gasteiger partial charge in [0.05, 0.1) is 17.5 Å². The standard InChI is InChI=1S/C8H5ClF2N2O/c9-5-4(1-2-12)3-13-6(7(5)14)8(10)11/h3,8,14H,1H2. The van der Waals surface area contributed by atoms with Crippen molar-refractivity contribution >= 4 is 11.6 Å². The van der Waals surface area contributed by atoms with Crippen LogP contribution in [0, 0.1) is 11.3 Å². The second-order valence-corrected chi connectivity index (χ2v) is 2.84. The molecule has 0 spiro atoms. The highest BCUT2D eigenvalue weighted by atomic mass is 35.5. The van der Waals surface area contributed by atoms with Crippen LogP contribution in [0.15, 0.2) is 6.20 Å². The summed E-state index contributed by atoms with van der Waals surface area (Å²) in [5, 5.41) is 17.3. The van der Waals surface area contributed by atoms with E-state index < -0.39 is 17.9 Å². The van der Waals surface area contributed by atoms with E-state index in [1.54, 1.807) is 6.07 Å². The summed E-state index contributed by atoms with van der Waals surface area (Å²) in [6.07, 6.45) is -1.90. The number of halogens is 3. The monoisotopic (exact) mass is 218 g/mol. The maximum absolute atomic E-state index is 12.2. The highest BCUT2D eigenvalue weighted by Crippen LogP contribution is 2.34. The number of alkyl halides is 2. The summed E-state index contributed by atoms with van der Waals surface area (Å²) in [5.74, 6) is -0.755. The van der Waals surface area contributed by atoms with Crippen LogP contribution < -0.4 is 0 Å². The highest BCUT2D eigenvalue weighted by Gasteiger charge is 2.19. The summed E-state index contributed by atoms with van der Waals surface area (Å²) < 4.78 is 24.4. The first-order valence-electron chi connectivity index (χ1n) is 3.59. The molecule has 0 unspecified atom stereocenters. The Labute approximate surface area is 83.6 Å². The van der Waals surface area contributed by atoms with E-state index in [0.717, 1.165) is 6.20 Å². The van der Waals surface area contributed by atoms with Crippen LogP contribution >= 0.6 is 11.6 Å². The third kappa shape index (κ3) is 1.91. The summed E-state index contributed by atoms with van der Waals surface area (Å²) in [5.41, 5.74) is -0.534. The topological polar surface area (TPSA) is 56.9 Å². The Morgan fingerprint density at radius 1 is 1.64 bits per heavy atom. The third-order valence-corrected chi connectivity index (χ3v) is 1.99. The van der Waals surface area contributed by atoms with Gasteiger partial charge in [-0.25, -0.2) is 8.78 Å². The Morgan fingerprint density at radius 3 is 2.79 bits per heavy atom. The van der Waals surface area contributed by atoms with Gasteiger partial charge in [0.15, 0.2) is 5.75 Å². The van der Waals surface area contributed by atoms with Crippen molar-refractivity contribution in [3.05, 3.63) is 22.5 Å². The molecule has 3 nitrogen and oxygen atoms in total. The van der Waals surface area contributed by atoms with Crippen LogP contribution in [-0.4, -0.2) is 10.1 Å². The molecule has 1 N–H and O–H groups in total. The predicted molar refractivity (Wildman–Crippen MR) is 45.2 cm³/mol. The highest BCUT2D eigenvalue weighted by molar-refractivity contribution is 6.32. The Kier molecular flexibility index (Phi) is 3.20. The van der Waals surface area contributed by atoms with Crippen molar-refractivity contribution in [1.82, 2.24) is 4.98 Å². The number of hydrogen-bond acceptors (Lipinski definition) is 3. The fourth-order valence-corrected chi connectivity index (χ4v) is 1.11. The summed E-state index contributed by atoms with van der Waals surface area (Å²) in [6.45, 7) is 0. The van der Waals surface area contributed by atoms with Crippen LogP contribution in [0.2, 0.25) is 5.02 Å². The van der Waals surface area contributed by atoms with E-state index in [9.17, 15) is 13.9 Å². The van der Waals surface area contributed by atoms with Crippen LogP contribution in [-0.2, 0) is 6.42 Å². The number of aromatic nitrogens is 1. The molecule has 14 heavy (non-hydrogen) atoms. The van der Waals surface area contributed by atoms with Gasteiger partial charge in [-0.05, 0) is 0 Å². The molecular weight excluding hydrogens is 214 g/mol. The van der Waals surface area contributed by atoms with Crippen LogP contribution in [0.3, 0.4) is 0 Å². The number of aromatic hydroxyl groups is 1. The zero-order valence-corrected chi connectivity index (χ0v) is 7.59. The second-order valence-electron chi connectivity index (χ2n) is 2.47. The van der Waals surface area contributed by atoms with E-state index in [2.05, 4.69) is 4.98 Å². The molecule has 0 amide bonds. The van der Waals surface area contributed by atoms with Crippen molar-refractivity contribution < 1.29 is 13.9 Å². The molecule has 0 aliphatic rings. The summed E-state index contributed by atoms with van der Waals surface area (Å²) >= 11 is 5.55. The lowest BCUT2D eigenvalue weighted by Gasteiger charge is -2.06. The number of rotatable bonds is 2. The van der Waals surface area contributed by atoms with E-state index in [0.29, 0.717) is 0 Å². The van der Waals surface area contributed by atoms with Gasteiger partial charge in [0.2, 0.25) is 0 Å². The van der Waals surface area contributed by atoms with E-state index in [1.165, 1.54) is 0 Å². The first-order chi connectivity index (χ1) is 6.57. The van der Waals surface area contributed by atoms with Crippen LogP contribution in [0.1, 0.15) is 17.7 Å². The molecule has 0 saturated heterocycles. The maximum Gasteiger partial charge on any atom is 0.284 e. The van der Waals surface area contributed by atoms with Gasteiger partial charge in [-0.1, -0.05) is 11.6 Å². The zero-order chi connectivity index (χ0) is 10.7. The lowest BCUT2D eigenvalue weighted by Crippen LogP contribution is -1.95. The molecule has 1 heterocycles. The van der Waals surface area contributed by atoms with Gasteiger partial charge in [0.1, 0.15) is 5.69 Å². The number of nitrogens with zero attached hydrogens (tertiary/aromatic N) is 2. The fraction of sp³-hybridized carbons (Fsp3) is 0.250.